The number of para-hydroxylation sites is 1. The number of hydrogen-bond acceptors (Lipinski definition) is 5. The predicted octanol–water partition coefficient (Wildman–Crippen LogP) is 3.02. The summed E-state index contributed by atoms with van der Waals surface area (Å²) in [6.45, 7) is 4.64. The highest BCUT2D eigenvalue weighted by atomic mass is 79.9. The van der Waals surface area contributed by atoms with Gasteiger partial charge in [0.15, 0.2) is 0 Å². The van der Waals surface area contributed by atoms with Crippen LogP contribution in [0.2, 0.25) is 0 Å². The number of carbonyl (C=O) groups is 2. The Balaban J connectivity index is 2.11. The van der Waals surface area contributed by atoms with E-state index in [-0.39, 0.29) is 6.54 Å². The summed E-state index contributed by atoms with van der Waals surface area (Å²) in [6.07, 6.45) is 1.49. The number of carbonyl (C=O) groups excluding carboxylic acids is 2. The molecule has 28 heavy (non-hydrogen) atoms. The van der Waals surface area contributed by atoms with Crippen LogP contribution in [0.25, 0.3) is 0 Å². The summed E-state index contributed by atoms with van der Waals surface area (Å²) in [5.41, 5.74) is 7.05. The number of halogens is 1. The topological polar surface area (TPSA) is 91.8 Å². The number of anilines is 2. The van der Waals surface area contributed by atoms with Gasteiger partial charge in [0.05, 0.1) is 12.8 Å². The summed E-state index contributed by atoms with van der Waals surface area (Å²) in [5, 5.41) is 9.74. The van der Waals surface area contributed by atoms with Gasteiger partial charge >= 0.3 is 11.8 Å². The second kappa shape index (κ2) is 10.6. The fraction of sp³-hybridized carbons (Fsp3) is 0.250. The number of methoxy groups -OCH3 is 1. The van der Waals surface area contributed by atoms with Gasteiger partial charge in [-0.05, 0) is 43.2 Å². The van der Waals surface area contributed by atoms with Crippen molar-refractivity contribution in [3.63, 3.8) is 0 Å². The Morgan fingerprint density at radius 3 is 2.54 bits per heavy atom. The Morgan fingerprint density at radius 1 is 1.14 bits per heavy atom. The fourth-order valence-electron chi connectivity index (χ4n) is 2.46. The molecule has 3 N–H and O–H groups in total. The summed E-state index contributed by atoms with van der Waals surface area (Å²) >= 11 is 3.44. The molecule has 0 aliphatic carbocycles. The van der Waals surface area contributed by atoms with Crippen molar-refractivity contribution in [2.75, 3.05) is 25.6 Å². The monoisotopic (exact) mass is 446 g/mol. The first-order valence-electron chi connectivity index (χ1n) is 8.65. The van der Waals surface area contributed by atoms with Gasteiger partial charge in [0.1, 0.15) is 0 Å². The van der Waals surface area contributed by atoms with Gasteiger partial charge in [-0.15, -0.1) is 0 Å². The number of hydrazone groups is 1. The van der Waals surface area contributed by atoms with Crippen LogP contribution in [0, 0.1) is 13.8 Å². The predicted molar refractivity (Wildman–Crippen MR) is 114 cm³/mol. The molecule has 8 heteroatoms. The summed E-state index contributed by atoms with van der Waals surface area (Å²) in [7, 11) is 1.51. The third-order valence-corrected chi connectivity index (χ3v) is 4.42. The van der Waals surface area contributed by atoms with Crippen molar-refractivity contribution in [3.05, 3.63) is 57.6 Å². The molecule has 2 rings (SSSR count). The van der Waals surface area contributed by atoms with Crippen LogP contribution in [0.5, 0.6) is 0 Å². The van der Waals surface area contributed by atoms with E-state index >= 15 is 0 Å². The average molecular weight is 447 g/mol. The zero-order valence-corrected chi connectivity index (χ0v) is 17.6. The molecule has 0 aliphatic heterocycles. The molecular weight excluding hydrogens is 424 g/mol. The Labute approximate surface area is 172 Å². The van der Waals surface area contributed by atoms with E-state index in [4.69, 9.17) is 4.74 Å². The Morgan fingerprint density at radius 2 is 1.86 bits per heavy atom. The Hall–Kier alpha value is -2.71. The van der Waals surface area contributed by atoms with Gasteiger partial charge in [0.2, 0.25) is 0 Å². The van der Waals surface area contributed by atoms with Crippen molar-refractivity contribution < 1.29 is 14.3 Å². The number of rotatable bonds is 7. The molecule has 0 saturated heterocycles. The number of hydrogen-bond donors (Lipinski definition) is 3. The van der Waals surface area contributed by atoms with Crippen molar-refractivity contribution in [1.82, 2.24) is 10.7 Å². The maximum Gasteiger partial charge on any atom is 0.329 e. The molecule has 0 atom stereocenters. The molecule has 0 radical (unpaired) electrons. The van der Waals surface area contributed by atoms with Crippen LogP contribution < -0.4 is 16.1 Å². The van der Waals surface area contributed by atoms with Crippen LogP contribution in [-0.2, 0) is 14.3 Å². The molecule has 0 spiro atoms. The van der Waals surface area contributed by atoms with E-state index in [1.165, 1.54) is 13.3 Å². The maximum atomic E-state index is 11.8. The highest BCUT2D eigenvalue weighted by molar-refractivity contribution is 9.10. The van der Waals surface area contributed by atoms with Gasteiger partial charge < -0.3 is 15.4 Å². The van der Waals surface area contributed by atoms with Gasteiger partial charge in [-0.2, -0.15) is 5.10 Å². The fourth-order valence-corrected chi connectivity index (χ4v) is 2.84. The molecule has 148 valence electrons. The molecule has 0 bridgehead atoms. The molecule has 2 aromatic carbocycles. The van der Waals surface area contributed by atoms with E-state index in [1.54, 1.807) is 0 Å². The second-order valence-electron chi connectivity index (χ2n) is 6.07. The minimum absolute atomic E-state index is 0.252. The van der Waals surface area contributed by atoms with E-state index in [2.05, 4.69) is 37.1 Å². The average Bonchev–Trinajstić information content (AvgIpc) is 2.66. The van der Waals surface area contributed by atoms with Crippen molar-refractivity contribution in [1.29, 1.82) is 0 Å². The lowest BCUT2D eigenvalue weighted by molar-refractivity contribution is -0.139. The zero-order valence-electron chi connectivity index (χ0n) is 16.0. The minimum atomic E-state index is -0.841. The second-order valence-corrected chi connectivity index (χ2v) is 6.99. The largest absolute Gasteiger partial charge is 0.383 e. The zero-order chi connectivity index (χ0) is 20.5. The van der Waals surface area contributed by atoms with Gasteiger partial charge in [-0.3, -0.25) is 9.59 Å². The number of benzene rings is 2. The number of ether oxygens (including phenoxy) is 1. The Kier molecular flexibility index (Phi) is 8.16. The first-order chi connectivity index (χ1) is 13.4. The highest BCUT2D eigenvalue weighted by Gasteiger charge is 2.11. The van der Waals surface area contributed by atoms with E-state index in [1.807, 2.05) is 50.2 Å². The number of nitrogens with one attached hydrogen (secondary N) is 3. The molecular formula is C20H23BrN4O3. The smallest absolute Gasteiger partial charge is 0.329 e. The molecule has 2 aromatic rings. The van der Waals surface area contributed by atoms with Crippen LogP contribution in [0.1, 0.15) is 16.7 Å². The van der Waals surface area contributed by atoms with E-state index < -0.39 is 11.8 Å². The van der Waals surface area contributed by atoms with Crippen LogP contribution in [0.4, 0.5) is 11.4 Å². The van der Waals surface area contributed by atoms with E-state index in [9.17, 15) is 9.59 Å². The van der Waals surface area contributed by atoms with Crippen molar-refractivity contribution in [2.24, 2.45) is 5.10 Å². The van der Waals surface area contributed by atoms with Gasteiger partial charge in [0.25, 0.3) is 0 Å². The minimum Gasteiger partial charge on any atom is -0.383 e. The number of amides is 2. The molecule has 0 heterocycles. The molecule has 0 saturated carbocycles. The summed E-state index contributed by atoms with van der Waals surface area (Å²) in [6, 6.07) is 11.8. The normalized spacial score (nSPS) is 10.7. The summed E-state index contributed by atoms with van der Waals surface area (Å²) in [5.74, 6) is -1.61. The van der Waals surface area contributed by atoms with Crippen LogP contribution in [0.3, 0.4) is 0 Å². The van der Waals surface area contributed by atoms with Crippen LogP contribution in [-0.4, -0.2) is 38.3 Å². The quantitative estimate of drug-likeness (QED) is 0.263. The molecule has 0 aromatic heterocycles. The van der Waals surface area contributed by atoms with Crippen molar-refractivity contribution in [2.45, 2.75) is 13.8 Å². The van der Waals surface area contributed by atoms with Gasteiger partial charge in [0, 0.05) is 35.1 Å². The maximum absolute atomic E-state index is 11.8. The standard InChI is InChI=1S/C20H23BrN4O3/c1-13-5-4-6-14(2)18(13)24-17-8-7-16(21)11-15(17)12-23-25-20(27)19(26)22-9-10-28-3/h4-8,11-12,24H,9-10H2,1-3H3,(H,22,26)(H,25,27). The summed E-state index contributed by atoms with van der Waals surface area (Å²) in [4.78, 5) is 23.4. The molecule has 0 fully saturated rings. The lowest BCUT2D eigenvalue weighted by atomic mass is 10.1. The molecule has 0 aliphatic rings. The van der Waals surface area contributed by atoms with Crippen molar-refractivity contribution in [3.8, 4) is 0 Å². The highest BCUT2D eigenvalue weighted by Crippen LogP contribution is 2.27. The van der Waals surface area contributed by atoms with Crippen molar-refractivity contribution >= 4 is 45.3 Å². The van der Waals surface area contributed by atoms with E-state index in [0.29, 0.717) is 6.61 Å². The Bertz CT molecular complexity index is 863. The molecule has 7 nitrogen and oxygen atoms in total. The van der Waals surface area contributed by atoms with Crippen LogP contribution >= 0.6 is 15.9 Å². The lowest BCUT2D eigenvalue weighted by Crippen LogP contribution is -2.39. The first-order valence-corrected chi connectivity index (χ1v) is 9.44. The first kappa shape index (κ1) is 21.6. The molecule has 0 unspecified atom stereocenters. The third kappa shape index (κ3) is 6.17. The number of nitrogens with zero attached hydrogens (tertiary/aromatic N) is 1. The third-order valence-electron chi connectivity index (χ3n) is 3.92. The lowest BCUT2D eigenvalue weighted by Gasteiger charge is -2.14. The SMILES string of the molecule is COCCNC(=O)C(=O)NN=Cc1cc(Br)ccc1Nc1c(C)cccc1C. The summed E-state index contributed by atoms with van der Waals surface area (Å²) < 4.78 is 5.68. The molecule has 2 amide bonds. The van der Waals surface area contributed by atoms with E-state index in [0.717, 1.165) is 32.5 Å². The van der Waals surface area contributed by atoms with Crippen LogP contribution in [0.15, 0.2) is 46.0 Å². The van der Waals surface area contributed by atoms with Gasteiger partial charge in [-0.25, -0.2) is 5.43 Å². The number of aryl methyl sites for hydroxylation is 2. The van der Waals surface area contributed by atoms with Gasteiger partial charge in [-0.1, -0.05) is 34.1 Å².